The zero-order valence-corrected chi connectivity index (χ0v) is 17.4. The highest BCUT2D eigenvalue weighted by Gasteiger charge is 2.42. The molecule has 0 unspecified atom stereocenters. The number of Topliss-reactive ketones (excluding diaryl/α,β-unsaturated/α-hetero) is 1. The third-order valence-corrected chi connectivity index (χ3v) is 5.76. The molecular formula is C25H25NO3. The first-order valence-electron chi connectivity index (χ1n) is 9.79. The van der Waals surface area contributed by atoms with Gasteiger partial charge in [0.15, 0.2) is 5.78 Å². The lowest BCUT2D eigenvalue weighted by atomic mass is 9.78. The summed E-state index contributed by atoms with van der Waals surface area (Å²) in [5.41, 5.74) is 6.28. The molecule has 1 N–H and O–H groups in total. The fourth-order valence-corrected chi connectivity index (χ4v) is 4.22. The molecule has 0 bridgehead atoms. The van der Waals surface area contributed by atoms with E-state index in [4.69, 9.17) is 4.74 Å². The average Bonchev–Trinajstić information content (AvgIpc) is 2.98. The van der Waals surface area contributed by atoms with E-state index >= 15 is 0 Å². The number of carbonyl (C=O) groups is 2. The molecule has 2 aliphatic rings. The predicted octanol–water partition coefficient (Wildman–Crippen LogP) is 4.73. The van der Waals surface area contributed by atoms with Gasteiger partial charge in [0.1, 0.15) is 0 Å². The number of hydrogen-bond donors (Lipinski definition) is 1. The Morgan fingerprint density at radius 1 is 1.00 bits per heavy atom. The fraction of sp³-hybridized carbons (Fsp3) is 0.280. The van der Waals surface area contributed by atoms with Crippen molar-refractivity contribution in [2.45, 2.75) is 39.0 Å². The highest BCUT2D eigenvalue weighted by atomic mass is 16.5. The minimum absolute atomic E-state index is 0.0213. The molecule has 4 nitrogen and oxygen atoms in total. The van der Waals surface area contributed by atoms with Crippen LogP contribution in [0.4, 0.5) is 0 Å². The third-order valence-electron chi connectivity index (χ3n) is 5.76. The molecule has 0 saturated heterocycles. The van der Waals surface area contributed by atoms with Crippen LogP contribution >= 0.6 is 0 Å². The first kappa shape index (κ1) is 19.2. The Bertz CT molecular complexity index is 1080. The van der Waals surface area contributed by atoms with Gasteiger partial charge in [0.05, 0.1) is 18.4 Å². The van der Waals surface area contributed by atoms with Crippen molar-refractivity contribution in [2.75, 3.05) is 7.11 Å². The van der Waals surface area contributed by atoms with E-state index in [-0.39, 0.29) is 11.2 Å². The lowest BCUT2D eigenvalue weighted by Crippen LogP contribution is -2.29. The van der Waals surface area contributed by atoms with E-state index in [1.54, 1.807) is 0 Å². The van der Waals surface area contributed by atoms with Crippen molar-refractivity contribution in [1.29, 1.82) is 0 Å². The highest BCUT2D eigenvalue weighted by Crippen LogP contribution is 2.46. The molecular weight excluding hydrogens is 362 g/mol. The van der Waals surface area contributed by atoms with Crippen LogP contribution in [0, 0.1) is 0 Å². The van der Waals surface area contributed by atoms with Crippen LogP contribution in [-0.2, 0) is 14.9 Å². The summed E-state index contributed by atoms with van der Waals surface area (Å²) in [6.45, 7) is 8.34. The summed E-state index contributed by atoms with van der Waals surface area (Å²) in [6, 6.07) is 15.8. The SMILES string of the molecule is COC(=O)C1=C(C)NC2=C(C(=O)c3ccccc32)[C@H]1c1ccc(C(C)(C)C)cc1. The average molecular weight is 387 g/mol. The number of ether oxygens (including phenoxy) is 1. The number of ketones is 1. The van der Waals surface area contributed by atoms with E-state index < -0.39 is 11.9 Å². The number of nitrogens with one attached hydrogen (secondary N) is 1. The summed E-state index contributed by atoms with van der Waals surface area (Å²) >= 11 is 0. The van der Waals surface area contributed by atoms with Gasteiger partial charge in [0.2, 0.25) is 0 Å². The van der Waals surface area contributed by atoms with Gasteiger partial charge in [0, 0.05) is 28.3 Å². The second-order valence-electron chi connectivity index (χ2n) is 8.62. The van der Waals surface area contributed by atoms with E-state index in [0.717, 1.165) is 16.8 Å². The third kappa shape index (κ3) is 3.00. The van der Waals surface area contributed by atoms with E-state index in [1.807, 2.05) is 43.3 Å². The first-order valence-corrected chi connectivity index (χ1v) is 9.79. The summed E-state index contributed by atoms with van der Waals surface area (Å²) in [5, 5.41) is 3.30. The Labute approximate surface area is 171 Å². The summed E-state index contributed by atoms with van der Waals surface area (Å²) in [6.07, 6.45) is 0. The molecule has 2 aromatic carbocycles. The van der Waals surface area contributed by atoms with Gasteiger partial charge in [-0.05, 0) is 23.5 Å². The van der Waals surface area contributed by atoms with Crippen LogP contribution in [0.1, 0.15) is 60.7 Å². The van der Waals surface area contributed by atoms with Crippen LogP contribution in [0.2, 0.25) is 0 Å². The van der Waals surface area contributed by atoms with Crippen LogP contribution in [-0.4, -0.2) is 18.9 Å². The molecule has 148 valence electrons. The number of carbonyl (C=O) groups excluding carboxylic acids is 2. The predicted molar refractivity (Wildman–Crippen MR) is 113 cm³/mol. The minimum Gasteiger partial charge on any atom is -0.466 e. The lowest BCUT2D eigenvalue weighted by Gasteiger charge is -2.29. The standard InChI is InChI=1S/C25H25NO3/c1-14-19(24(28)29-5)20(15-10-12-16(13-11-15)25(2,3)4)21-22(26-14)17-8-6-7-9-18(17)23(21)27/h6-13,20,26H,1-5H3/t20-/m0/s1. The molecule has 0 fully saturated rings. The number of benzene rings is 2. The quantitative estimate of drug-likeness (QED) is 0.757. The van der Waals surface area contributed by atoms with Crippen molar-refractivity contribution >= 4 is 17.4 Å². The number of hydrogen-bond acceptors (Lipinski definition) is 4. The molecule has 1 aliphatic heterocycles. The molecule has 4 heteroatoms. The van der Waals surface area contributed by atoms with Gasteiger partial charge >= 0.3 is 5.97 Å². The lowest BCUT2D eigenvalue weighted by molar-refractivity contribution is -0.136. The van der Waals surface area contributed by atoms with Crippen LogP contribution in [0.25, 0.3) is 5.70 Å². The molecule has 4 rings (SSSR count). The summed E-state index contributed by atoms with van der Waals surface area (Å²) in [4.78, 5) is 26.0. The number of rotatable bonds is 2. The Morgan fingerprint density at radius 2 is 1.62 bits per heavy atom. The molecule has 0 spiro atoms. The second kappa shape index (κ2) is 6.73. The maximum Gasteiger partial charge on any atom is 0.336 e. The number of methoxy groups -OCH3 is 1. The molecule has 0 amide bonds. The topological polar surface area (TPSA) is 55.4 Å². The van der Waals surface area contributed by atoms with Crippen molar-refractivity contribution in [3.8, 4) is 0 Å². The molecule has 2 aromatic rings. The fourth-order valence-electron chi connectivity index (χ4n) is 4.22. The number of allylic oxidation sites excluding steroid dienone is 2. The van der Waals surface area contributed by atoms with E-state index in [2.05, 4.69) is 38.2 Å². The second-order valence-corrected chi connectivity index (χ2v) is 8.62. The molecule has 0 aromatic heterocycles. The minimum atomic E-state index is -0.465. The number of esters is 1. The van der Waals surface area contributed by atoms with Crippen molar-refractivity contribution in [3.05, 3.63) is 87.6 Å². The molecule has 1 heterocycles. The number of fused-ring (bicyclic) bond motifs is 2. The Kier molecular flexibility index (Phi) is 4.45. The van der Waals surface area contributed by atoms with Gasteiger partial charge in [-0.15, -0.1) is 0 Å². The Hall–Kier alpha value is -3.14. The smallest absolute Gasteiger partial charge is 0.336 e. The van der Waals surface area contributed by atoms with Crippen molar-refractivity contribution in [2.24, 2.45) is 0 Å². The Morgan fingerprint density at radius 3 is 2.21 bits per heavy atom. The normalized spacial score (nSPS) is 18.4. The highest BCUT2D eigenvalue weighted by molar-refractivity contribution is 6.23. The Balaban J connectivity index is 1.90. The van der Waals surface area contributed by atoms with E-state index in [9.17, 15) is 9.59 Å². The van der Waals surface area contributed by atoms with Crippen molar-refractivity contribution < 1.29 is 14.3 Å². The van der Waals surface area contributed by atoms with Gasteiger partial charge in [0.25, 0.3) is 0 Å². The maximum absolute atomic E-state index is 13.3. The maximum atomic E-state index is 13.3. The molecule has 1 atom stereocenters. The summed E-state index contributed by atoms with van der Waals surface area (Å²) < 4.78 is 5.08. The molecule has 29 heavy (non-hydrogen) atoms. The zero-order chi connectivity index (χ0) is 20.9. The largest absolute Gasteiger partial charge is 0.466 e. The van der Waals surface area contributed by atoms with E-state index in [0.29, 0.717) is 22.4 Å². The molecule has 1 aliphatic carbocycles. The van der Waals surface area contributed by atoms with E-state index in [1.165, 1.54) is 12.7 Å². The van der Waals surface area contributed by atoms with Crippen LogP contribution in [0.3, 0.4) is 0 Å². The van der Waals surface area contributed by atoms with Gasteiger partial charge in [-0.25, -0.2) is 4.79 Å². The van der Waals surface area contributed by atoms with Crippen LogP contribution in [0.15, 0.2) is 65.4 Å². The summed E-state index contributed by atoms with van der Waals surface area (Å²) in [5.74, 6) is -0.926. The number of dihydropyridines is 1. The summed E-state index contributed by atoms with van der Waals surface area (Å²) in [7, 11) is 1.37. The van der Waals surface area contributed by atoms with Gasteiger partial charge < -0.3 is 10.1 Å². The van der Waals surface area contributed by atoms with Gasteiger partial charge in [-0.2, -0.15) is 0 Å². The molecule has 0 radical (unpaired) electrons. The van der Waals surface area contributed by atoms with Crippen LogP contribution < -0.4 is 5.32 Å². The molecule has 0 saturated carbocycles. The first-order chi connectivity index (χ1) is 13.7. The van der Waals surface area contributed by atoms with Crippen molar-refractivity contribution in [3.63, 3.8) is 0 Å². The monoisotopic (exact) mass is 387 g/mol. The van der Waals surface area contributed by atoms with Gasteiger partial charge in [-0.3, -0.25) is 4.79 Å². The zero-order valence-electron chi connectivity index (χ0n) is 17.4. The van der Waals surface area contributed by atoms with Gasteiger partial charge in [-0.1, -0.05) is 69.3 Å². The van der Waals surface area contributed by atoms with Crippen LogP contribution in [0.5, 0.6) is 0 Å². The van der Waals surface area contributed by atoms with Crippen molar-refractivity contribution in [1.82, 2.24) is 5.32 Å².